The Kier molecular flexibility index (Phi) is 7.81. The number of halogens is 7. The number of aliphatic hydroxyl groups excluding tert-OH is 1. The average Bonchev–Trinajstić information content (AvgIpc) is 2.74. The summed E-state index contributed by atoms with van der Waals surface area (Å²) in [4.78, 5) is 3.58. The monoisotopic (exact) mass is 462 g/mol. The van der Waals surface area contributed by atoms with E-state index in [0.29, 0.717) is 23.3 Å². The zero-order chi connectivity index (χ0) is 24.1. The first-order valence-electron chi connectivity index (χ1n) is 8.88. The van der Waals surface area contributed by atoms with Gasteiger partial charge in [-0.2, -0.15) is 8.78 Å². The van der Waals surface area contributed by atoms with Gasteiger partial charge in [0.2, 0.25) is 0 Å². The van der Waals surface area contributed by atoms with Gasteiger partial charge < -0.3 is 15.6 Å². The number of nitrogens with zero attached hydrogens (tertiary/aromatic N) is 1. The molecule has 2 aromatic carbocycles. The maximum absolute atomic E-state index is 14.6. The predicted octanol–water partition coefficient (Wildman–Crippen LogP) is 5.33. The summed E-state index contributed by atoms with van der Waals surface area (Å²) < 4.78 is 96.1. The number of pyridine rings is 1. The Morgan fingerprint density at radius 3 is 1.97 bits per heavy atom. The van der Waals surface area contributed by atoms with Crippen LogP contribution in [0.2, 0.25) is 0 Å². The van der Waals surface area contributed by atoms with E-state index >= 15 is 0 Å². The summed E-state index contributed by atoms with van der Waals surface area (Å²) in [5, 5.41) is 9.92. The first-order valence-corrected chi connectivity index (χ1v) is 8.88. The highest BCUT2D eigenvalue weighted by Gasteiger charge is 2.44. The van der Waals surface area contributed by atoms with Crippen LogP contribution in [0.1, 0.15) is 17.4 Å². The highest BCUT2D eigenvalue weighted by atomic mass is 19.4. The fourth-order valence-electron chi connectivity index (χ4n) is 2.67. The van der Waals surface area contributed by atoms with Gasteiger partial charge in [-0.3, -0.25) is 4.98 Å². The largest absolute Gasteiger partial charge is 0.573 e. The normalized spacial score (nSPS) is 12.6. The van der Waals surface area contributed by atoms with Crippen LogP contribution in [0.3, 0.4) is 0 Å². The summed E-state index contributed by atoms with van der Waals surface area (Å²) in [5.74, 6) is -6.77. The van der Waals surface area contributed by atoms with E-state index in [0.717, 1.165) is 30.5 Å². The van der Waals surface area contributed by atoms with Crippen LogP contribution in [0.25, 0.3) is 11.1 Å². The van der Waals surface area contributed by atoms with Crippen LogP contribution in [0, 0.1) is 11.6 Å². The number of alkyl halides is 5. The smallest absolute Gasteiger partial charge is 0.406 e. The predicted molar refractivity (Wildman–Crippen MR) is 102 cm³/mol. The van der Waals surface area contributed by atoms with Crippen molar-refractivity contribution in [2.45, 2.75) is 18.4 Å². The molecule has 0 radical (unpaired) electrons. The Morgan fingerprint density at radius 2 is 1.47 bits per heavy atom. The lowest BCUT2D eigenvalue weighted by atomic mass is 9.99. The minimum Gasteiger partial charge on any atom is -0.406 e. The van der Waals surface area contributed by atoms with Gasteiger partial charge in [-0.1, -0.05) is 24.3 Å². The lowest BCUT2D eigenvalue weighted by Gasteiger charge is -2.23. The summed E-state index contributed by atoms with van der Waals surface area (Å²) in [6.07, 6.45) is -6.44. The van der Waals surface area contributed by atoms with Crippen LogP contribution in [0.5, 0.6) is 5.75 Å². The van der Waals surface area contributed by atoms with E-state index in [9.17, 15) is 35.8 Å². The average molecular weight is 462 g/mol. The van der Waals surface area contributed by atoms with Crippen molar-refractivity contribution in [2.75, 3.05) is 7.05 Å². The van der Waals surface area contributed by atoms with E-state index < -0.39 is 47.0 Å². The lowest BCUT2D eigenvalue weighted by molar-refractivity contribution is -0.274. The molecule has 0 aliphatic heterocycles. The number of aromatic nitrogens is 1. The van der Waals surface area contributed by atoms with Crippen molar-refractivity contribution in [3.05, 3.63) is 83.7 Å². The number of hydrogen-bond donors (Lipinski definition) is 2. The van der Waals surface area contributed by atoms with Crippen molar-refractivity contribution in [1.29, 1.82) is 0 Å². The van der Waals surface area contributed by atoms with Gasteiger partial charge in [0.25, 0.3) is 0 Å². The molecule has 1 heterocycles. The topological polar surface area (TPSA) is 68.4 Å². The number of nitrogens with two attached hydrogens (primary N) is 1. The Morgan fingerprint density at radius 1 is 0.875 bits per heavy atom. The molecule has 32 heavy (non-hydrogen) atoms. The lowest BCUT2D eigenvalue weighted by Crippen LogP contribution is -2.25. The molecule has 0 saturated heterocycles. The second-order valence-electron chi connectivity index (χ2n) is 6.20. The van der Waals surface area contributed by atoms with Crippen molar-refractivity contribution >= 4 is 0 Å². The SMILES string of the molecule is CN.OC(c1ccc(F)cc1F)C(F)(F)c1ccc(-c2ccc(OC(F)(F)F)cc2)cn1. The molecule has 0 fully saturated rings. The molecule has 1 aromatic heterocycles. The first kappa shape index (κ1) is 25.1. The van der Waals surface area contributed by atoms with Gasteiger partial charge in [0.05, 0.1) is 0 Å². The molecule has 3 N–H and O–H groups in total. The Labute approximate surface area is 178 Å². The molecular weight excluding hydrogens is 445 g/mol. The summed E-state index contributed by atoms with van der Waals surface area (Å²) in [6.45, 7) is 0. The third-order valence-corrected chi connectivity index (χ3v) is 4.13. The molecule has 172 valence electrons. The van der Waals surface area contributed by atoms with Gasteiger partial charge in [0, 0.05) is 23.4 Å². The molecule has 0 bridgehead atoms. The van der Waals surface area contributed by atoms with Gasteiger partial charge >= 0.3 is 12.3 Å². The number of aliphatic hydroxyl groups is 1. The minimum atomic E-state index is -4.85. The standard InChI is InChI=1S/C20H12F7NO2.CH5N/c21-13-4-7-15(16(22)9-13)18(29)19(23,24)17-8-3-12(10-28-17)11-1-5-14(6-2-11)30-20(25,26)27;1-2/h1-10,18,29H;2H2,1H3. The molecular formula is C21H17F7N2O2. The molecule has 0 spiro atoms. The molecule has 0 saturated carbocycles. The zero-order valence-electron chi connectivity index (χ0n) is 16.4. The van der Waals surface area contributed by atoms with E-state index in [4.69, 9.17) is 0 Å². The van der Waals surface area contributed by atoms with E-state index in [-0.39, 0.29) is 0 Å². The molecule has 3 rings (SSSR count). The van der Waals surface area contributed by atoms with Gasteiger partial charge in [-0.05, 0) is 36.9 Å². The number of hydrogen-bond acceptors (Lipinski definition) is 4. The number of benzene rings is 2. The second kappa shape index (κ2) is 9.96. The summed E-state index contributed by atoms with van der Waals surface area (Å²) >= 11 is 0. The summed E-state index contributed by atoms with van der Waals surface area (Å²) in [7, 11) is 1.50. The van der Waals surface area contributed by atoms with E-state index in [1.165, 1.54) is 25.2 Å². The van der Waals surface area contributed by atoms with Gasteiger partial charge in [-0.25, -0.2) is 8.78 Å². The molecule has 0 aliphatic rings. The molecule has 11 heteroatoms. The van der Waals surface area contributed by atoms with Crippen molar-refractivity contribution in [1.82, 2.24) is 4.98 Å². The van der Waals surface area contributed by atoms with Gasteiger partial charge in [0.15, 0.2) is 6.10 Å². The van der Waals surface area contributed by atoms with Gasteiger partial charge in [-0.15, -0.1) is 13.2 Å². The van der Waals surface area contributed by atoms with E-state index in [1.54, 1.807) is 0 Å². The third kappa shape index (κ3) is 5.95. The maximum atomic E-state index is 14.6. The Bertz CT molecular complexity index is 1020. The molecule has 0 amide bonds. The molecule has 4 nitrogen and oxygen atoms in total. The maximum Gasteiger partial charge on any atom is 0.573 e. The number of ether oxygens (including phenoxy) is 1. The van der Waals surface area contributed by atoms with Crippen molar-refractivity contribution in [2.24, 2.45) is 5.73 Å². The van der Waals surface area contributed by atoms with Crippen LogP contribution in [0.4, 0.5) is 30.7 Å². The quantitative estimate of drug-likeness (QED) is 0.504. The second-order valence-corrected chi connectivity index (χ2v) is 6.20. The highest BCUT2D eigenvalue weighted by molar-refractivity contribution is 5.63. The van der Waals surface area contributed by atoms with Crippen LogP contribution < -0.4 is 10.5 Å². The van der Waals surface area contributed by atoms with Crippen molar-refractivity contribution in [3.8, 4) is 16.9 Å². The highest BCUT2D eigenvalue weighted by Crippen LogP contribution is 2.40. The van der Waals surface area contributed by atoms with Crippen molar-refractivity contribution < 1.29 is 40.6 Å². The Hall–Kier alpha value is -3.18. The van der Waals surface area contributed by atoms with Crippen LogP contribution in [-0.4, -0.2) is 23.5 Å². The summed E-state index contributed by atoms with van der Waals surface area (Å²) in [6, 6.07) is 8.57. The first-order chi connectivity index (χ1) is 15.0. The van der Waals surface area contributed by atoms with Gasteiger partial charge in [0.1, 0.15) is 23.1 Å². The number of rotatable bonds is 5. The molecule has 1 atom stereocenters. The Balaban J connectivity index is 0.00000176. The molecule has 0 aliphatic carbocycles. The van der Waals surface area contributed by atoms with Crippen molar-refractivity contribution in [3.63, 3.8) is 0 Å². The minimum absolute atomic E-state index is 0.301. The molecule has 1 unspecified atom stereocenters. The third-order valence-electron chi connectivity index (χ3n) is 4.13. The molecule has 3 aromatic rings. The van der Waals surface area contributed by atoms with Crippen LogP contribution >= 0.6 is 0 Å². The van der Waals surface area contributed by atoms with Crippen LogP contribution in [-0.2, 0) is 5.92 Å². The summed E-state index contributed by atoms with van der Waals surface area (Å²) in [5.41, 5.74) is 3.50. The van der Waals surface area contributed by atoms with E-state index in [1.807, 2.05) is 0 Å². The fraction of sp³-hybridized carbons (Fsp3) is 0.190. The van der Waals surface area contributed by atoms with Crippen LogP contribution in [0.15, 0.2) is 60.8 Å². The van der Waals surface area contributed by atoms with E-state index in [2.05, 4.69) is 15.5 Å². The fourth-order valence-corrected chi connectivity index (χ4v) is 2.67. The zero-order valence-corrected chi connectivity index (χ0v) is 16.4.